The van der Waals surface area contributed by atoms with Crippen molar-refractivity contribution >= 4 is 40.5 Å². The third kappa shape index (κ3) is 6.80. The van der Waals surface area contributed by atoms with Crippen LogP contribution in [0.25, 0.3) is 11.0 Å². The van der Waals surface area contributed by atoms with Gasteiger partial charge in [0.25, 0.3) is 0 Å². The second kappa shape index (κ2) is 12.6. The van der Waals surface area contributed by atoms with Crippen LogP contribution in [0.4, 0.5) is 5.69 Å². The summed E-state index contributed by atoms with van der Waals surface area (Å²) >= 11 is 0. The minimum atomic E-state index is -1.18. The van der Waals surface area contributed by atoms with Crippen molar-refractivity contribution in [3.8, 4) is 0 Å². The fourth-order valence-electron chi connectivity index (χ4n) is 4.45. The van der Waals surface area contributed by atoms with Gasteiger partial charge in [0, 0.05) is 11.2 Å². The van der Waals surface area contributed by atoms with E-state index in [9.17, 15) is 19.2 Å². The molecule has 0 bridgehead atoms. The average Bonchev–Trinajstić information content (AvgIpc) is 3.37. The third-order valence-electron chi connectivity index (χ3n) is 6.26. The zero-order chi connectivity index (χ0) is 30.4. The zero-order valence-corrected chi connectivity index (χ0v) is 24.2. The Morgan fingerprint density at radius 2 is 1.64 bits per heavy atom. The van der Waals surface area contributed by atoms with E-state index in [0.717, 1.165) is 0 Å². The van der Waals surface area contributed by atoms with Crippen LogP contribution < -0.4 is 10.2 Å². The average molecular weight is 572 g/mol. The van der Waals surface area contributed by atoms with Crippen LogP contribution in [0.15, 0.2) is 72.8 Å². The molecule has 0 spiro atoms. The number of anilines is 1. The maximum Gasteiger partial charge on any atom is 0.338 e. The van der Waals surface area contributed by atoms with Crippen LogP contribution in [0, 0.1) is 0 Å². The molecule has 11 nitrogen and oxygen atoms in total. The maximum absolute atomic E-state index is 14.2. The molecule has 4 rings (SSSR count). The lowest BCUT2D eigenvalue weighted by molar-refractivity contribution is -0.128. The number of amides is 2. The predicted molar refractivity (Wildman–Crippen MR) is 156 cm³/mol. The van der Waals surface area contributed by atoms with Crippen LogP contribution in [0.2, 0.25) is 0 Å². The summed E-state index contributed by atoms with van der Waals surface area (Å²) < 4.78 is 11.4. The number of nitrogens with zero attached hydrogens (tertiary/aromatic N) is 4. The van der Waals surface area contributed by atoms with Crippen LogP contribution >= 0.6 is 0 Å². The molecule has 0 fully saturated rings. The SMILES string of the molecule is CCOC(=O)c1cccc(N(C(=O)Cn2nnc3ccccc32)C(C(=O)NC(C)(C)C)c2ccc(C(=O)OC)cc2)c1. The number of nitrogens with one attached hydrogen (secondary N) is 1. The van der Waals surface area contributed by atoms with E-state index < -0.39 is 35.3 Å². The highest BCUT2D eigenvalue weighted by atomic mass is 16.5. The summed E-state index contributed by atoms with van der Waals surface area (Å²) in [5.74, 6) is -2.05. The molecule has 0 aliphatic carbocycles. The molecule has 1 atom stereocenters. The van der Waals surface area contributed by atoms with Gasteiger partial charge >= 0.3 is 11.9 Å². The minimum absolute atomic E-state index is 0.175. The van der Waals surface area contributed by atoms with Crippen LogP contribution in [0.5, 0.6) is 0 Å². The second-order valence-electron chi connectivity index (χ2n) is 10.5. The second-order valence-corrected chi connectivity index (χ2v) is 10.5. The van der Waals surface area contributed by atoms with Gasteiger partial charge in [-0.2, -0.15) is 0 Å². The van der Waals surface area contributed by atoms with E-state index in [-0.39, 0.29) is 24.3 Å². The van der Waals surface area contributed by atoms with Crippen LogP contribution in [-0.2, 0) is 25.6 Å². The molecular formula is C31H33N5O6. The van der Waals surface area contributed by atoms with Gasteiger partial charge in [0.15, 0.2) is 0 Å². The van der Waals surface area contributed by atoms with Crippen LogP contribution in [0.3, 0.4) is 0 Å². The number of fused-ring (bicyclic) bond motifs is 1. The van der Waals surface area contributed by atoms with Gasteiger partial charge in [0.1, 0.15) is 18.1 Å². The molecular weight excluding hydrogens is 538 g/mol. The number of hydrogen-bond donors (Lipinski definition) is 1. The number of esters is 2. The molecule has 218 valence electrons. The van der Waals surface area contributed by atoms with Gasteiger partial charge < -0.3 is 14.8 Å². The molecule has 4 aromatic rings. The summed E-state index contributed by atoms with van der Waals surface area (Å²) in [5, 5.41) is 11.3. The van der Waals surface area contributed by atoms with Crippen molar-refractivity contribution in [3.63, 3.8) is 0 Å². The molecule has 1 aromatic heterocycles. The van der Waals surface area contributed by atoms with Crippen molar-refractivity contribution in [3.05, 3.63) is 89.5 Å². The van der Waals surface area contributed by atoms with E-state index in [0.29, 0.717) is 22.3 Å². The Bertz CT molecular complexity index is 1610. The van der Waals surface area contributed by atoms with Gasteiger partial charge in [-0.25, -0.2) is 14.3 Å². The summed E-state index contributed by atoms with van der Waals surface area (Å²) in [6.07, 6.45) is 0. The highest BCUT2D eigenvalue weighted by Crippen LogP contribution is 2.31. The smallest absolute Gasteiger partial charge is 0.338 e. The number of rotatable bonds is 9. The first-order valence-electron chi connectivity index (χ1n) is 13.4. The molecule has 0 saturated heterocycles. The summed E-state index contributed by atoms with van der Waals surface area (Å²) in [5.41, 5.74) is 1.85. The number of carbonyl (C=O) groups is 4. The van der Waals surface area contributed by atoms with E-state index in [2.05, 4.69) is 15.6 Å². The van der Waals surface area contributed by atoms with Crippen molar-refractivity contribution in [1.29, 1.82) is 0 Å². The Morgan fingerprint density at radius 3 is 2.31 bits per heavy atom. The third-order valence-corrected chi connectivity index (χ3v) is 6.26. The van der Waals surface area contributed by atoms with Crippen molar-refractivity contribution < 1.29 is 28.7 Å². The number of para-hydroxylation sites is 1. The molecule has 3 aromatic carbocycles. The van der Waals surface area contributed by atoms with E-state index in [1.807, 2.05) is 32.9 Å². The first kappa shape index (κ1) is 29.9. The largest absolute Gasteiger partial charge is 0.465 e. The highest BCUT2D eigenvalue weighted by Gasteiger charge is 2.35. The van der Waals surface area contributed by atoms with Gasteiger partial charge in [-0.1, -0.05) is 35.5 Å². The molecule has 0 aliphatic rings. The number of hydrogen-bond acceptors (Lipinski definition) is 8. The lowest BCUT2D eigenvalue weighted by Gasteiger charge is -2.34. The van der Waals surface area contributed by atoms with Crippen molar-refractivity contribution in [2.24, 2.45) is 0 Å². The topological polar surface area (TPSA) is 133 Å². The minimum Gasteiger partial charge on any atom is -0.465 e. The molecule has 11 heteroatoms. The van der Waals surface area contributed by atoms with Gasteiger partial charge in [-0.05, 0) is 75.7 Å². The molecule has 1 heterocycles. The van der Waals surface area contributed by atoms with E-state index in [4.69, 9.17) is 9.47 Å². The standard InChI is InChI=1S/C31H33N5O6/c1-6-42-30(40)22-10-9-11-23(18-22)36(26(37)19-35-25-13-8-7-12-24(25)33-34-35)27(28(38)32-31(2,3)4)20-14-16-21(17-15-20)29(39)41-5/h7-18,27H,6,19H2,1-5H3,(H,32,38). The van der Waals surface area contributed by atoms with Crippen LogP contribution in [-0.4, -0.2) is 58.0 Å². The molecule has 1 N–H and O–H groups in total. The quantitative estimate of drug-likeness (QED) is 0.297. The number of aromatic nitrogens is 3. The Balaban J connectivity index is 1.87. The summed E-state index contributed by atoms with van der Waals surface area (Å²) in [6.45, 7) is 7.12. The summed E-state index contributed by atoms with van der Waals surface area (Å²) in [4.78, 5) is 54.2. The molecule has 0 aliphatic heterocycles. The number of methoxy groups -OCH3 is 1. The number of ether oxygens (including phenoxy) is 2. The maximum atomic E-state index is 14.2. The number of benzene rings is 3. The highest BCUT2D eigenvalue weighted by molar-refractivity contribution is 6.03. The van der Waals surface area contributed by atoms with Gasteiger partial charge in [-0.3, -0.25) is 14.5 Å². The Hall–Kier alpha value is -5.06. The van der Waals surface area contributed by atoms with Crippen molar-refractivity contribution in [1.82, 2.24) is 20.3 Å². The van der Waals surface area contributed by atoms with Crippen molar-refractivity contribution in [2.45, 2.75) is 45.8 Å². The number of carbonyl (C=O) groups excluding carboxylic acids is 4. The fraction of sp³-hybridized carbons (Fsp3) is 0.290. The Kier molecular flexibility index (Phi) is 8.99. The molecule has 0 saturated carbocycles. The van der Waals surface area contributed by atoms with E-state index in [1.165, 1.54) is 34.9 Å². The summed E-state index contributed by atoms with van der Waals surface area (Å²) in [7, 11) is 1.28. The first-order valence-corrected chi connectivity index (χ1v) is 13.4. The van der Waals surface area contributed by atoms with Crippen LogP contribution in [0.1, 0.15) is 60.0 Å². The van der Waals surface area contributed by atoms with E-state index >= 15 is 0 Å². The Labute approximate surface area is 243 Å². The zero-order valence-electron chi connectivity index (χ0n) is 24.2. The molecule has 0 radical (unpaired) electrons. The summed E-state index contributed by atoms with van der Waals surface area (Å²) in [6, 6.07) is 18.6. The first-order chi connectivity index (χ1) is 20.0. The van der Waals surface area contributed by atoms with Gasteiger partial charge in [0.05, 0.1) is 30.4 Å². The molecule has 2 amide bonds. The lowest BCUT2D eigenvalue weighted by Crippen LogP contribution is -2.50. The fourth-order valence-corrected chi connectivity index (χ4v) is 4.45. The normalized spacial score (nSPS) is 11.9. The molecule has 1 unspecified atom stereocenters. The molecule has 42 heavy (non-hydrogen) atoms. The van der Waals surface area contributed by atoms with E-state index in [1.54, 1.807) is 49.4 Å². The van der Waals surface area contributed by atoms with Gasteiger partial charge in [0.2, 0.25) is 11.8 Å². The van der Waals surface area contributed by atoms with Crippen molar-refractivity contribution in [2.75, 3.05) is 18.6 Å². The Morgan fingerprint density at radius 1 is 0.929 bits per heavy atom. The monoisotopic (exact) mass is 571 g/mol. The van der Waals surface area contributed by atoms with Gasteiger partial charge in [-0.15, -0.1) is 5.10 Å². The predicted octanol–water partition coefficient (Wildman–Crippen LogP) is 4.08. The lowest BCUT2D eigenvalue weighted by atomic mass is 9.99.